The smallest absolute Gasteiger partial charge is 0.323 e. The van der Waals surface area contributed by atoms with Crippen LogP contribution in [-0.2, 0) is 11.3 Å². The summed E-state index contributed by atoms with van der Waals surface area (Å²) in [6.45, 7) is 6.14. The van der Waals surface area contributed by atoms with Crippen LogP contribution in [0.1, 0.15) is 32.1 Å². The van der Waals surface area contributed by atoms with Crippen molar-refractivity contribution in [2.45, 2.75) is 39.3 Å². The normalized spacial score (nSPS) is 23.3. The highest BCUT2D eigenvalue weighted by Crippen LogP contribution is 2.28. The van der Waals surface area contributed by atoms with E-state index in [4.69, 9.17) is 11.6 Å². The highest BCUT2D eigenvalue weighted by atomic mass is 35.5. The highest BCUT2D eigenvalue weighted by Gasteiger charge is 2.47. The molecule has 104 valence electrons. The Morgan fingerprint density at radius 1 is 1.42 bits per heavy atom. The lowest BCUT2D eigenvalue weighted by atomic mass is 9.91. The number of carbonyl (C=O) groups is 2. The second-order valence-corrected chi connectivity index (χ2v) is 7.26. The van der Waals surface area contributed by atoms with Gasteiger partial charge in [-0.15, -0.1) is 11.3 Å². The molecule has 0 radical (unpaired) electrons. The third-order valence-corrected chi connectivity index (χ3v) is 4.32. The molecule has 6 heteroatoms. The Balaban J connectivity index is 2.14. The number of hydrogen-bond donors (Lipinski definition) is 1. The molecule has 0 aliphatic carbocycles. The molecule has 1 N–H and O–H groups in total. The molecule has 0 aromatic carbocycles. The van der Waals surface area contributed by atoms with Gasteiger partial charge in [-0.25, -0.2) is 4.79 Å². The molecule has 2 heterocycles. The summed E-state index contributed by atoms with van der Waals surface area (Å²) < 4.78 is 0.659. The monoisotopic (exact) mass is 300 g/mol. The minimum Gasteiger partial charge on any atom is -0.323 e. The molecular weight excluding hydrogens is 284 g/mol. The first kappa shape index (κ1) is 14.3. The molecular formula is C13H17ClN2O2S. The molecule has 2 rings (SSSR count). The van der Waals surface area contributed by atoms with Crippen molar-refractivity contribution < 1.29 is 9.59 Å². The molecule has 1 saturated heterocycles. The molecule has 1 unspecified atom stereocenters. The predicted octanol–water partition coefficient (Wildman–Crippen LogP) is 3.26. The van der Waals surface area contributed by atoms with E-state index in [0.29, 0.717) is 16.7 Å². The Morgan fingerprint density at radius 2 is 2.11 bits per heavy atom. The number of nitrogens with zero attached hydrogens (tertiary/aromatic N) is 1. The maximum atomic E-state index is 12.4. The summed E-state index contributed by atoms with van der Waals surface area (Å²) in [6, 6.07) is 3.29. The van der Waals surface area contributed by atoms with Crippen molar-refractivity contribution in [3.63, 3.8) is 0 Å². The van der Waals surface area contributed by atoms with E-state index < -0.39 is 5.54 Å². The van der Waals surface area contributed by atoms with Crippen LogP contribution < -0.4 is 5.32 Å². The minimum absolute atomic E-state index is 0.157. The van der Waals surface area contributed by atoms with Crippen LogP contribution in [0.2, 0.25) is 4.34 Å². The number of nitrogens with one attached hydrogen (secondary N) is 1. The zero-order chi connectivity index (χ0) is 14.2. The number of thiophene rings is 1. The molecule has 1 aliphatic heterocycles. The van der Waals surface area contributed by atoms with Crippen LogP contribution in [0.4, 0.5) is 4.79 Å². The Morgan fingerprint density at radius 3 is 2.63 bits per heavy atom. The molecule has 1 aliphatic rings. The average Bonchev–Trinajstić information content (AvgIpc) is 2.76. The van der Waals surface area contributed by atoms with E-state index in [9.17, 15) is 9.59 Å². The van der Waals surface area contributed by atoms with Crippen molar-refractivity contribution in [3.05, 3.63) is 21.3 Å². The number of amides is 3. The van der Waals surface area contributed by atoms with Crippen LogP contribution in [0, 0.1) is 5.92 Å². The first-order valence-corrected chi connectivity index (χ1v) is 7.39. The maximum Gasteiger partial charge on any atom is 0.325 e. The molecule has 1 atom stereocenters. The summed E-state index contributed by atoms with van der Waals surface area (Å²) >= 11 is 7.24. The van der Waals surface area contributed by atoms with Crippen LogP contribution in [0.15, 0.2) is 12.1 Å². The van der Waals surface area contributed by atoms with Crippen LogP contribution in [0.25, 0.3) is 0 Å². The van der Waals surface area contributed by atoms with Gasteiger partial charge in [0.1, 0.15) is 5.54 Å². The molecule has 1 fully saturated rings. The number of hydrogen-bond acceptors (Lipinski definition) is 3. The van der Waals surface area contributed by atoms with E-state index in [1.165, 1.54) is 16.2 Å². The van der Waals surface area contributed by atoms with Crippen molar-refractivity contribution in [2.75, 3.05) is 0 Å². The number of carbonyl (C=O) groups excluding carboxylic acids is 2. The van der Waals surface area contributed by atoms with E-state index in [1.807, 2.05) is 19.9 Å². The molecule has 0 spiro atoms. The van der Waals surface area contributed by atoms with E-state index in [-0.39, 0.29) is 18.5 Å². The highest BCUT2D eigenvalue weighted by molar-refractivity contribution is 7.16. The maximum absolute atomic E-state index is 12.4. The van der Waals surface area contributed by atoms with Gasteiger partial charge in [0, 0.05) is 4.88 Å². The van der Waals surface area contributed by atoms with Crippen molar-refractivity contribution in [3.8, 4) is 0 Å². The van der Waals surface area contributed by atoms with E-state index in [2.05, 4.69) is 5.32 Å². The van der Waals surface area contributed by atoms with Gasteiger partial charge < -0.3 is 5.32 Å². The van der Waals surface area contributed by atoms with Crippen molar-refractivity contribution >= 4 is 34.9 Å². The summed E-state index contributed by atoms with van der Waals surface area (Å²) in [4.78, 5) is 26.5. The first-order valence-electron chi connectivity index (χ1n) is 6.20. The Bertz CT molecular complexity index is 514. The fourth-order valence-corrected chi connectivity index (χ4v) is 3.51. The van der Waals surface area contributed by atoms with Gasteiger partial charge in [-0.05, 0) is 31.4 Å². The van der Waals surface area contributed by atoms with Gasteiger partial charge in [0.15, 0.2) is 0 Å². The van der Waals surface area contributed by atoms with Crippen LogP contribution in [-0.4, -0.2) is 22.4 Å². The molecule has 1 aromatic heterocycles. The number of imide groups is 1. The zero-order valence-electron chi connectivity index (χ0n) is 11.2. The van der Waals surface area contributed by atoms with Gasteiger partial charge in [0.05, 0.1) is 10.9 Å². The van der Waals surface area contributed by atoms with Gasteiger partial charge in [0.25, 0.3) is 5.91 Å². The lowest BCUT2D eigenvalue weighted by molar-refractivity contribution is -0.131. The second kappa shape index (κ2) is 5.13. The Labute approximate surface area is 121 Å². The molecule has 1 aromatic rings. The number of urea groups is 1. The van der Waals surface area contributed by atoms with Crippen molar-refractivity contribution in [1.29, 1.82) is 0 Å². The van der Waals surface area contributed by atoms with Crippen LogP contribution >= 0.6 is 22.9 Å². The van der Waals surface area contributed by atoms with Crippen LogP contribution in [0.3, 0.4) is 0 Å². The predicted molar refractivity (Wildman–Crippen MR) is 76.3 cm³/mol. The van der Waals surface area contributed by atoms with E-state index in [1.54, 1.807) is 13.0 Å². The largest absolute Gasteiger partial charge is 0.325 e. The van der Waals surface area contributed by atoms with Gasteiger partial charge >= 0.3 is 6.03 Å². The second-order valence-electron chi connectivity index (χ2n) is 5.46. The lowest BCUT2D eigenvalue weighted by Crippen LogP contribution is -2.44. The fraction of sp³-hybridized carbons (Fsp3) is 0.538. The zero-order valence-corrected chi connectivity index (χ0v) is 12.8. The average molecular weight is 301 g/mol. The number of rotatable bonds is 4. The summed E-state index contributed by atoms with van der Waals surface area (Å²) in [7, 11) is 0. The third-order valence-electron chi connectivity index (χ3n) is 3.10. The summed E-state index contributed by atoms with van der Waals surface area (Å²) in [5, 5.41) is 2.80. The number of halogens is 1. The molecule has 0 bridgehead atoms. The summed E-state index contributed by atoms with van der Waals surface area (Å²) in [6.07, 6.45) is 0.638. The minimum atomic E-state index is -0.785. The lowest BCUT2D eigenvalue weighted by Gasteiger charge is -2.23. The standard InChI is InChI=1S/C13H17ClN2O2S/c1-8(2)6-13(3)11(17)16(12(18)15-13)7-9-4-5-10(14)19-9/h4-5,8H,6-7H2,1-3H3,(H,15,18). The van der Waals surface area contributed by atoms with Gasteiger partial charge in [0.2, 0.25) is 0 Å². The molecule has 19 heavy (non-hydrogen) atoms. The SMILES string of the molecule is CC(C)CC1(C)NC(=O)N(Cc2ccc(Cl)s2)C1=O. The Kier molecular flexibility index (Phi) is 3.87. The van der Waals surface area contributed by atoms with Crippen molar-refractivity contribution in [2.24, 2.45) is 5.92 Å². The third kappa shape index (κ3) is 2.92. The molecule has 3 amide bonds. The van der Waals surface area contributed by atoms with Gasteiger partial charge in [-0.2, -0.15) is 0 Å². The fourth-order valence-electron chi connectivity index (χ4n) is 2.44. The quantitative estimate of drug-likeness (QED) is 0.868. The van der Waals surface area contributed by atoms with E-state index >= 15 is 0 Å². The summed E-state index contributed by atoms with van der Waals surface area (Å²) in [5.41, 5.74) is -0.785. The summed E-state index contributed by atoms with van der Waals surface area (Å²) in [5.74, 6) is 0.182. The van der Waals surface area contributed by atoms with Gasteiger partial charge in [-0.1, -0.05) is 25.4 Å². The molecule has 4 nitrogen and oxygen atoms in total. The van der Waals surface area contributed by atoms with Crippen molar-refractivity contribution in [1.82, 2.24) is 10.2 Å². The van der Waals surface area contributed by atoms with Gasteiger partial charge in [-0.3, -0.25) is 9.69 Å². The molecule has 0 saturated carbocycles. The Hall–Kier alpha value is -1.07. The topological polar surface area (TPSA) is 49.4 Å². The van der Waals surface area contributed by atoms with E-state index in [0.717, 1.165) is 4.88 Å². The first-order chi connectivity index (χ1) is 8.82. The van der Waals surface area contributed by atoms with Crippen LogP contribution in [0.5, 0.6) is 0 Å².